The number of nitrogens with zero attached hydrogens (tertiary/aromatic N) is 3. The summed E-state index contributed by atoms with van der Waals surface area (Å²) in [5.74, 6) is 0.362. The van der Waals surface area contributed by atoms with Crippen LogP contribution in [0.1, 0.15) is 31.2 Å². The zero-order valence-electron chi connectivity index (χ0n) is 11.5. The van der Waals surface area contributed by atoms with Crippen LogP contribution in [0, 0.1) is 5.92 Å². The van der Waals surface area contributed by atoms with Gasteiger partial charge >= 0.3 is 0 Å². The predicted octanol–water partition coefficient (Wildman–Crippen LogP) is 2.24. The van der Waals surface area contributed by atoms with E-state index in [9.17, 15) is 0 Å². The Morgan fingerprint density at radius 1 is 1.58 bits per heavy atom. The Bertz CT molecular complexity index is 471. The van der Waals surface area contributed by atoms with Crippen LogP contribution in [0.25, 0.3) is 0 Å². The van der Waals surface area contributed by atoms with Crippen LogP contribution >= 0.6 is 28.1 Å². The molecule has 1 atom stereocenters. The number of aryl methyl sites for hydroxylation is 2. The number of thiocarbonyl (C=S) groups is 1. The summed E-state index contributed by atoms with van der Waals surface area (Å²) in [6, 6.07) is 0. The van der Waals surface area contributed by atoms with Crippen LogP contribution in [0.4, 0.5) is 0 Å². The van der Waals surface area contributed by atoms with Crippen molar-refractivity contribution in [2.24, 2.45) is 18.7 Å². The van der Waals surface area contributed by atoms with Gasteiger partial charge in [0.2, 0.25) is 0 Å². The highest BCUT2D eigenvalue weighted by Crippen LogP contribution is 2.25. The van der Waals surface area contributed by atoms with Gasteiger partial charge in [-0.2, -0.15) is 5.10 Å². The van der Waals surface area contributed by atoms with E-state index in [1.807, 2.05) is 11.7 Å². The third-order valence-corrected chi connectivity index (χ3v) is 5.03. The molecule has 1 aliphatic heterocycles. The largest absolute Gasteiger partial charge is 0.393 e. The van der Waals surface area contributed by atoms with E-state index in [4.69, 9.17) is 18.0 Å². The SMILES string of the molecule is CCc1nn(C)c(CN2CCCC(C(N)=S)C2)c1Br. The third kappa shape index (κ3) is 3.35. The van der Waals surface area contributed by atoms with Gasteiger partial charge in [0, 0.05) is 26.1 Å². The summed E-state index contributed by atoms with van der Waals surface area (Å²) < 4.78 is 3.13. The molecule has 4 nitrogen and oxygen atoms in total. The van der Waals surface area contributed by atoms with Crippen molar-refractivity contribution in [3.05, 3.63) is 15.9 Å². The maximum atomic E-state index is 5.79. The third-order valence-electron chi connectivity index (χ3n) is 3.78. The number of hydrogen-bond donors (Lipinski definition) is 1. The molecule has 0 radical (unpaired) electrons. The molecule has 1 aliphatic rings. The van der Waals surface area contributed by atoms with Crippen LogP contribution in [0.3, 0.4) is 0 Å². The minimum absolute atomic E-state index is 0.362. The summed E-state index contributed by atoms with van der Waals surface area (Å²) >= 11 is 8.80. The molecule has 0 bridgehead atoms. The standard InChI is InChI=1S/C13H21BrN4S/c1-3-10-12(14)11(17(2)16-10)8-18-6-4-5-9(7-18)13(15)19/h9H,3-8H2,1-2H3,(H2,15,19). The summed E-state index contributed by atoms with van der Waals surface area (Å²) in [6.45, 7) is 5.11. The topological polar surface area (TPSA) is 47.1 Å². The molecule has 1 aromatic heterocycles. The van der Waals surface area contributed by atoms with E-state index in [1.165, 1.54) is 5.69 Å². The van der Waals surface area contributed by atoms with Gasteiger partial charge in [-0.3, -0.25) is 9.58 Å². The Kier molecular flexibility index (Phi) is 4.97. The van der Waals surface area contributed by atoms with Gasteiger partial charge in [-0.1, -0.05) is 19.1 Å². The molecule has 1 unspecified atom stereocenters. The second-order valence-corrected chi connectivity index (χ2v) is 6.43. The smallest absolute Gasteiger partial charge is 0.0771 e. The molecular weight excluding hydrogens is 324 g/mol. The summed E-state index contributed by atoms with van der Waals surface area (Å²) in [5.41, 5.74) is 8.15. The molecule has 2 N–H and O–H groups in total. The van der Waals surface area contributed by atoms with Crippen molar-refractivity contribution in [2.45, 2.75) is 32.7 Å². The molecule has 0 amide bonds. The minimum atomic E-state index is 0.362. The fourth-order valence-electron chi connectivity index (χ4n) is 2.63. The van der Waals surface area contributed by atoms with Crippen molar-refractivity contribution >= 4 is 33.1 Å². The lowest BCUT2D eigenvalue weighted by atomic mass is 9.98. The van der Waals surface area contributed by atoms with Crippen LogP contribution < -0.4 is 5.73 Å². The molecular formula is C13H21BrN4S. The minimum Gasteiger partial charge on any atom is -0.393 e. The lowest BCUT2D eigenvalue weighted by Gasteiger charge is -2.32. The molecule has 0 saturated carbocycles. The van der Waals surface area contributed by atoms with Gasteiger partial charge in [0.1, 0.15) is 0 Å². The molecule has 2 heterocycles. The predicted molar refractivity (Wildman–Crippen MR) is 85.1 cm³/mol. The van der Waals surface area contributed by atoms with Crippen molar-refractivity contribution in [2.75, 3.05) is 13.1 Å². The van der Waals surface area contributed by atoms with Gasteiger partial charge in [-0.25, -0.2) is 0 Å². The Morgan fingerprint density at radius 2 is 2.32 bits per heavy atom. The van der Waals surface area contributed by atoms with E-state index in [-0.39, 0.29) is 0 Å². The lowest BCUT2D eigenvalue weighted by molar-refractivity contribution is 0.192. The van der Waals surface area contributed by atoms with Gasteiger partial charge in [-0.15, -0.1) is 0 Å². The highest BCUT2D eigenvalue weighted by Gasteiger charge is 2.24. The molecule has 2 rings (SSSR count). The van der Waals surface area contributed by atoms with E-state index < -0.39 is 0 Å². The van der Waals surface area contributed by atoms with Gasteiger partial charge in [0.15, 0.2) is 0 Å². The lowest BCUT2D eigenvalue weighted by Crippen LogP contribution is -2.40. The summed E-state index contributed by atoms with van der Waals surface area (Å²) in [7, 11) is 2.01. The van der Waals surface area contributed by atoms with Crippen LogP contribution in [-0.2, 0) is 20.0 Å². The molecule has 0 aromatic carbocycles. The Hall–Kier alpha value is -0.460. The molecule has 1 saturated heterocycles. The van der Waals surface area contributed by atoms with Crippen molar-refractivity contribution < 1.29 is 0 Å². The highest BCUT2D eigenvalue weighted by atomic mass is 79.9. The second kappa shape index (κ2) is 6.33. The maximum Gasteiger partial charge on any atom is 0.0771 e. The molecule has 106 valence electrons. The fourth-order valence-corrected chi connectivity index (χ4v) is 3.57. The number of halogens is 1. The van der Waals surface area contributed by atoms with Crippen LogP contribution in [0.2, 0.25) is 0 Å². The molecule has 19 heavy (non-hydrogen) atoms. The first kappa shape index (κ1) is 14.9. The van der Waals surface area contributed by atoms with Crippen LogP contribution in [0.15, 0.2) is 4.47 Å². The summed E-state index contributed by atoms with van der Waals surface area (Å²) in [6.07, 6.45) is 3.24. The molecule has 1 fully saturated rings. The first-order chi connectivity index (χ1) is 9.02. The normalized spacial score (nSPS) is 20.7. The van der Waals surface area contributed by atoms with Crippen molar-refractivity contribution in [1.82, 2.24) is 14.7 Å². The first-order valence-corrected chi connectivity index (χ1v) is 7.95. The number of rotatable bonds is 4. The summed E-state index contributed by atoms with van der Waals surface area (Å²) in [5, 5.41) is 4.54. The van der Waals surface area contributed by atoms with E-state index in [2.05, 4.69) is 32.9 Å². The van der Waals surface area contributed by atoms with Crippen LogP contribution in [-0.4, -0.2) is 32.8 Å². The average Bonchev–Trinajstić information content (AvgIpc) is 2.66. The van der Waals surface area contributed by atoms with Crippen molar-refractivity contribution in [3.8, 4) is 0 Å². The van der Waals surface area contributed by atoms with E-state index >= 15 is 0 Å². The summed E-state index contributed by atoms with van der Waals surface area (Å²) in [4.78, 5) is 3.08. The monoisotopic (exact) mass is 344 g/mol. The number of piperidine rings is 1. The fraction of sp³-hybridized carbons (Fsp3) is 0.692. The number of likely N-dealkylation sites (tertiary alicyclic amines) is 1. The number of hydrogen-bond acceptors (Lipinski definition) is 3. The van der Waals surface area contributed by atoms with E-state index in [0.717, 1.165) is 49.1 Å². The molecule has 0 aliphatic carbocycles. The first-order valence-electron chi connectivity index (χ1n) is 6.74. The van der Waals surface area contributed by atoms with Crippen molar-refractivity contribution in [3.63, 3.8) is 0 Å². The zero-order chi connectivity index (χ0) is 14.0. The highest BCUT2D eigenvalue weighted by molar-refractivity contribution is 9.10. The maximum absolute atomic E-state index is 5.79. The van der Waals surface area contributed by atoms with Gasteiger partial charge in [-0.05, 0) is 41.7 Å². The molecule has 1 aromatic rings. The average molecular weight is 345 g/mol. The Morgan fingerprint density at radius 3 is 2.89 bits per heavy atom. The van der Waals surface area contributed by atoms with Gasteiger partial charge in [0.05, 0.1) is 20.8 Å². The Labute approximate surface area is 128 Å². The number of aromatic nitrogens is 2. The van der Waals surface area contributed by atoms with E-state index in [0.29, 0.717) is 10.9 Å². The molecule has 6 heteroatoms. The van der Waals surface area contributed by atoms with E-state index in [1.54, 1.807) is 0 Å². The second-order valence-electron chi connectivity index (χ2n) is 5.16. The Balaban J connectivity index is 2.08. The van der Waals surface area contributed by atoms with Gasteiger partial charge < -0.3 is 5.73 Å². The van der Waals surface area contributed by atoms with Gasteiger partial charge in [0.25, 0.3) is 0 Å². The van der Waals surface area contributed by atoms with Crippen molar-refractivity contribution in [1.29, 1.82) is 0 Å². The van der Waals surface area contributed by atoms with Crippen LogP contribution in [0.5, 0.6) is 0 Å². The quantitative estimate of drug-likeness (QED) is 0.851. The zero-order valence-corrected chi connectivity index (χ0v) is 13.9. The molecule has 0 spiro atoms. The number of nitrogens with two attached hydrogens (primary N) is 1.